The maximum atomic E-state index is 12.0. The molecule has 1 aliphatic carbocycles. The quantitative estimate of drug-likeness (QED) is 0.789. The standard InChI is InChI=1S/C16H27NO4/c1-16(15(19)20)11-21-10-13(16)17-14(18)9-5-8-12-6-3-2-4-7-12/h12-13H,2-11H2,1H3,(H,17,18)(H,19,20). The second-order valence-corrected chi connectivity index (χ2v) is 6.75. The highest BCUT2D eigenvalue weighted by atomic mass is 16.5. The lowest BCUT2D eigenvalue weighted by molar-refractivity contribution is -0.149. The zero-order valence-corrected chi connectivity index (χ0v) is 12.9. The molecule has 2 rings (SSSR count). The summed E-state index contributed by atoms with van der Waals surface area (Å²) < 4.78 is 5.24. The van der Waals surface area contributed by atoms with Crippen LogP contribution >= 0.6 is 0 Å². The van der Waals surface area contributed by atoms with Gasteiger partial charge in [0.1, 0.15) is 5.41 Å². The van der Waals surface area contributed by atoms with Crippen LogP contribution in [-0.4, -0.2) is 36.2 Å². The van der Waals surface area contributed by atoms with E-state index in [1.54, 1.807) is 6.92 Å². The van der Waals surface area contributed by atoms with Gasteiger partial charge in [-0.05, 0) is 25.7 Å². The number of ether oxygens (including phenoxy) is 1. The Labute approximate surface area is 126 Å². The number of nitrogens with one attached hydrogen (secondary N) is 1. The van der Waals surface area contributed by atoms with Gasteiger partial charge in [0.2, 0.25) is 5.91 Å². The minimum absolute atomic E-state index is 0.0474. The van der Waals surface area contributed by atoms with Crippen LogP contribution in [0.4, 0.5) is 0 Å². The van der Waals surface area contributed by atoms with Crippen molar-refractivity contribution in [2.24, 2.45) is 11.3 Å². The van der Waals surface area contributed by atoms with Gasteiger partial charge in [0.15, 0.2) is 0 Å². The molecule has 2 N–H and O–H groups in total. The molecule has 21 heavy (non-hydrogen) atoms. The lowest BCUT2D eigenvalue weighted by Crippen LogP contribution is -2.49. The number of amides is 1. The molecule has 0 aromatic heterocycles. The van der Waals surface area contributed by atoms with Crippen LogP contribution in [0.25, 0.3) is 0 Å². The van der Waals surface area contributed by atoms with E-state index >= 15 is 0 Å². The molecule has 5 nitrogen and oxygen atoms in total. The summed E-state index contributed by atoms with van der Waals surface area (Å²) >= 11 is 0. The van der Waals surface area contributed by atoms with E-state index in [4.69, 9.17) is 4.74 Å². The Hall–Kier alpha value is -1.10. The van der Waals surface area contributed by atoms with Crippen LogP contribution in [0.1, 0.15) is 58.3 Å². The normalized spacial score (nSPS) is 30.2. The maximum absolute atomic E-state index is 12.0. The Morgan fingerprint density at radius 3 is 2.67 bits per heavy atom. The van der Waals surface area contributed by atoms with E-state index in [0.717, 1.165) is 18.8 Å². The summed E-state index contributed by atoms with van der Waals surface area (Å²) in [6, 6.07) is -0.419. The third kappa shape index (κ3) is 4.19. The van der Waals surface area contributed by atoms with Gasteiger partial charge in [-0.1, -0.05) is 32.1 Å². The Bertz CT molecular complexity index is 378. The molecule has 0 bridgehead atoms. The zero-order chi connectivity index (χ0) is 15.3. The van der Waals surface area contributed by atoms with Gasteiger partial charge in [0.05, 0.1) is 19.3 Å². The van der Waals surface area contributed by atoms with E-state index in [1.807, 2.05) is 0 Å². The molecule has 2 aliphatic rings. The summed E-state index contributed by atoms with van der Waals surface area (Å²) in [6.07, 6.45) is 9.11. The Kier molecular flexibility index (Phi) is 5.62. The first-order chi connectivity index (χ1) is 10.0. The predicted octanol–water partition coefficient (Wildman–Crippen LogP) is 2.34. The summed E-state index contributed by atoms with van der Waals surface area (Å²) in [4.78, 5) is 23.3. The average molecular weight is 297 g/mol. The molecule has 1 saturated carbocycles. The number of aliphatic carboxylic acids is 1. The van der Waals surface area contributed by atoms with Crippen molar-refractivity contribution in [1.29, 1.82) is 0 Å². The number of carbonyl (C=O) groups is 2. The number of carbonyl (C=O) groups excluding carboxylic acids is 1. The van der Waals surface area contributed by atoms with E-state index < -0.39 is 17.4 Å². The highest BCUT2D eigenvalue weighted by molar-refractivity contribution is 5.80. The molecule has 2 fully saturated rings. The number of carboxylic acids is 1. The van der Waals surface area contributed by atoms with Crippen molar-refractivity contribution in [3.05, 3.63) is 0 Å². The molecule has 5 heteroatoms. The number of rotatable bonds is 6. The van der Waals surface area contributed by atoms with Crippen LogP contribution in [0.2, 0.25) is 0 Å². The topological polar surface area (TPSA) is 75.6 Å². The summed E-state index contributed by atoms with van der Waals surface area (Å²) in [7, 11) is 0. The third-order valence-corrected chi connectivity index (χ3v) is 5.02. The number of carboxylic acid groups (broad SMARTS) is 1. The molecule has 0 spiro atoms. The van der Waals surface area contributed by atoms with E-state index in [1.165, 1.54) is 32.1 Å². The fourth-order valence-electron chi connectivity index (χ4n) is 3.38. The second kappa shape index (κ2) is 7.25. The Morgan fingerprint density at radius 2 is 2.00 bits per heavy atom. The maximum Gasteiger partial charge on any atom is 0.313 e. The largest absolute Gasteiger partial charge is 0.481 e. The highest BCUT2D eigenvalue weighted by Crippen LogP contribution is 2.29. The van der Waals surface area contributed by atoms with Gasteiger partial charge < -0.3 is 15.2 Å². The molecule has 1 aliphatic heterocycles. The molecule has 1 amide bonds. The average Bonchev–Trinajstić information content (AvgIpc) is 2.83. The summed E-state index contributed by atoms with van der Waals surface area (Å²) in [5, 5.41) is 12.1. The minimum Gasteiger partial charge on any atom is -0.481 e. The van der Waals surface area contributed by atoms with E-state index in [2.05, 4.69) is 5.32 Å². The van der Waals surface area contributed by atoms with Crippen molar-refractivity contribution in [3.8, 4) is 0 Å². The summed E-state index contributed by atoms with van der Waals surface area (Å²) in [5.74, 6) is -0.174. The van der Waals surface area contributed by atoms with Gasteiger partial charge >= 0.3 is 5.97 Å². The molecule has 1 heterocycles. The molecule has 120 valence electrons. The molecular formula is C16H27NO4. The molecule has 0 aromatic carbocycles. The monoisotopic (exact) mass is 297 g/mol. The molecule has 1 saturated heterocycles. The third-order valence-electron chi connectivity index (χ3n) is 5.02. The first-order valence-corrected chi connectivity index (χ1v) is 8.13. The van der Waals surface area contributed by atoms with Crippen molar-refractivity contribution >= 4 is 11.9 Å². The van der Waals surface area contributed by atoms with Crippen LogP contribution in [-0.2, 0) is 14.3 Å². The van der Waals surface area contributed by atoms with E-state index in [-0.39, 0.29) is 19.1 Å². The SMILES string of the molecule is CC1(C(=O)O)COCC1NC(=O)CCCC1CCCCC1. The van der Waals surface area contributed by atoms with Gasteiger partial charge in [-0.25, -0.2) is 0 Å². The Balaban J connectivity index is 1.70. The minimum atomic E-state index is -1.00. The van der Waals surface area contributed by atoms with Crippen LogP contribution < -0.4 is 5.32 Å². The fourth-order valence-corrected chi connectivity index (χ4v) is 3.38. The molecule has 2 unspecified atom stereocenters. The number of hydrogen-bond acceptors (Lipinski definition) is 3. The van der Waals surface area contributed by atoms with Gasteiger partial charge in [0, 0.05) is 6.42 Å². The van der Waals surface area contributed by atoms with Crippen LogP contribution in [0.3, 0.4) is 0 Å². The molecule has 0 radical (unpaired) electrons. The summed E-state index contributed by atoms with van der Waals surface area (Å²) in [6.45, 7) is 2.09. The smallest absolute Gasteiger partial charge is 0.313 e. The van der Waals surface area contributed by atoms with Crippen molar-refractivity contribution < 1.29 is 19.4 Å². The van der Waals surface area contributed by atoms with Crippen molar-refractivity contribution in [2.45, 2.75) is 64.3 Å². The lowest BCUT2D eigenvalue weighted by atomic mass is 9.85. The highest BCUT2D eigenvalue weighted by Gasteiger charge is 2.47. The van der Waals surface area contributed by atoms with Crippen LogP contribution in [0.15, 0.2) is 0 Å². The van der Waals surface area contributed by atoms with Gasteiger partial charge in [-0.15, -0.1) is 0 Å². The van der Waals surface area contributed by atoms with Gasteiger partial charge in [-0.2, -0.15) is 0 Å². The van der Waals surface area contributed by atoms with Gasteiger partial charge in [0.25, 0.3) is 0 Å². The van der Waals surface area contributed by atoms with Crippen LogP contribution in [0.5, 0.6) is 0 Å². The van der Waals surface area contributed by atoms with Crippen LogP contribution in [0, 0.1) is 11.3 Å². The zero-order valence-electron chi connectivity index (χ0n) is 12.9. The molecular weight excluding hydrogens is 270 g/mol. The van der Waals surface area contributed by atoms with Gasteiger partial charge in [-0.3, -0.25) is 9.59 Å². The molecule has 2 atom stereocenters. The van der Waals surface area contributed by atoms with Crippen molar-refractivity contribution in [3.63, 3.8) is 0 Å². The lowest BCUT2D eigenvalue weighted by Gasteiger charge is -2.25. The fraction of sp³-hybridized carbons (Fsp3) is 0.875. The predicted molar refractivity (Wildman–Crippen MR) is 78.9 cm³/mol. The number of hydrogen-bond donors (Lipinski definition) is 2. The first-order valence-electron chi connectivity index (χ1n) is 8.13. The first kappa shape index (κ1) is 16.3. The van der Waals surface area contributed by atoms with E-state index in [9.17, 15) is 14.7 Å². The van der Waals surface area contributed by atoms with Crippen molar-refractivity contribution in [1.82, 2.24) is 5.32 Å². The van der Waals surface area contributed by atoms with E-state index in [0.29, 0.717) is 6.42 Å². The second-order valence-electron chi connectivity index (χ2n) is 6.75. The molecule has 0 aromatic rings. The van der Waals surface area contributed by atoms with Crippen molar-refractivity contribution in [2.75, 3.05) is 13.2 Å². The summed E-state index contributed by atoms with van der Waals surface area (Å²) in [5.41, 5.74) is -1.00. The Morgan fingerprint density at radius 1 is 1.29 bits per heavy atom.